The van der Waals surface area contributed by atoms with Crippen LogP contribution in [0.1, 0.15) is 10.4 Å². The molecule has 0 aliphatic heterocycles. The highest BCUT2D eigenvalue weighted by Crippen LogP contribution is 2.26. The SMILES string of the molecule is CN(C)S(=O)(=O)c1cc(C(=O)Nc2ccc(Oc3ccccc3)cc2)ccc1Br. The van der Waals surface area contributed by atoms with Gasteiger partial charge in [-0.3, -0.25) is 4.79 Å². The topological polar surface area (TPSA) is 75.7 Å². The van der Waals surface area contributed by atoms with E-state index in [1.807, 2.05) is 30.3 Å². The van der Waals surface area contributed by atoms with Crippen molar-refractivity contribution >= 4 is 37.5 Å². The fourth-order valence-corrected chi connectivity index (χ4v) is 4.32. The number of benzene rings is 3. The molecule has 1 N–H and O–H groups in total. The molecule has 0 aromatic heterocycles. The zero-order valence-electron chi connectivity index (χ0n) is 15.8. The van der Waals surface area contributed by atoms with Crippen LogP contribution in [0.3, 0.4) is 0 Å². The minimum absolute atomic E-state index is 0.0294. The van der Waals surface area contributed by atoms with Crippen LogP contribution in [-0.2, 0) is 10.0 Å². The average molecular weight is 475 g/mol. The van der Waals surface area contributed by atoms with Crippen molar-refractivity contribution in [2.75, 3.05) is 19.4 Å². The average Bonchev–Trinajstić information content (AvgIpc) is 2.70. The van der Waals surface area contributed by atoms with Crippen LogP contribution in [-0.4, -0.2) is 32.7 Å². The van der Waals surface area contributed by atoms with Crippen LogP contribution in [0.2, 0.25) is 0 Å². The maximum absolute atomic E-state index is 12.6. The van der Waals surface area contributed by atoms with Crippen LogP contribution >= 0.6 is 15.9 Å². The number of rotatable bonds is 6. The lowest BCUT2D eigenvalue weighted by Crippen LogP contribution is -2.23. The summed E-state index contributed by atoms with van der Waals surface area (Å²) in [7, 11) is -0.806. The second kappa shape index (κ2) is 8.77. The number of hydrogen-bond donors (Lipinski definition) is 1. The first-order chi connectivity index (χ1) is 13.8. The number of amides is 1. The van der Waals surface area contributed by atoms with Gasteiger partial charge in [-0.25, -0.2) is 12.7 Å². The molecule has 0 bridgehead atoms. The fraction of sp³-hybridized carbons (Fsp3) is 0.0952. The van der Waals surface area contributed by atoms with E-state index in [0.717, 1.165) is 4.31 Å². The van der Waals surface area contributed by atoms with Crippen molar-refractivity contribution in [3.63, 3.8) is 0 Å². The molecule has 0 saturated carbocycles. The molecule has 0 unspecified atom stereocenters. The van der Waals surface area contributed by atoms with E-state index in [1.54, 1.807) is 36.4 Å². The van der Waals surface area contributed by atoms with E-state index >= 15 is 0 Å². The molecule has 0 aliphatic carbocycles. The molecule has 0 aliphatic rings. The molecule has 3 rings (SSSR count). The van der Waals surface area contributed by atoms with E-state index in [9.17, 15) is 13.2 Å². The Balaban J connectivity index is 1.75. The van der Waals surface area contributed by atoms with Gasteiger partial charge in [0, 0.05) is 29.8 Å². The van der Waals surface area contributed by atoms with Crippen LogP contribution in [0.15, 0.2) is 82.2 Å². The lowest BCUT2D eigenvalue weighted by Gasteiger charge is -2.14. The number of anilines is 1. The van der Waals surface area contributed by atoms with Gasteiger partial charge in [0.05, 0.1) is 4.90 Å². The third-order valence-electron chi connectivity index (χ3n) is 4.04. The van der Waals surface area contributed by atoms with Crippen LogP contribution in [0.5, 0.6) is 11.5 Å². The van der Waals surface area contributed by atoms with E-state index in [-0.39, 0.29) is 10.5 Å². The van der Waals surface area contributed by atoms with Crippen molar-refractivity contribution in [1.82, 2.24) is 4.31 Å². The monoisotopic (exact) mass is 474 g/mol. The molecular weight excluding hydrogens is 456 g/mol. The van der Waals surface area contributed by atoms with E-state index in [4.69, 9.17) is 4.74 Å². The smallest absolute Gasteiger partial charge is 0.255 e. The minimum atomic E-state index is -3.68. The second-order valence-corrected chi connectivity index (χ2v) is 9.30. The summed E-state index contributed by atoms with van der Waals surface area (Å²) in [6.07, 6.45) is 0. The highest BCUT2D eigenvalue weighted by atomic mass is 79.9. The highest BCUT2D eigenvalue weighted by Gasteiger charge is 2.22. The van der Waals surface area contributed by atoms with Crippen LogP contribution in [0.25, 0.3) is 0 Å². The standard InChI is InChI=1S/C21H19BrN2O4S/c1-24(2)29(26,27)20-14-15(8-13-19(20)22)21(25)23-16-9-11-18(12-10-16)28-17-6-4-3-5-7-17/h3-14H,1-2H3,(H,23,25). The van der Waals surface area contributed by atoms with Crippen molar-refractivity contribution in [3.8, 4) is 11.5 Å². The summed E-state index contributed by atoms with van der Waals surface area (Å²) in [4.78, 5) is 12.6. The highest BCUT2D eigenvalue weighted by molar-refractivity contribution is 9.10. The maximum Gasteiger partial charge on any atom is 0.255 e. The third-order valence-corrected chi connectivity index (χ3v) is 6.85. The summed E-state index contributed by atoms with van der Waals surface area (Å²) in [5.41, 5.74) is 0.800. The molecule has 150 valence electrons. The van der Waals surface area contributed by atoms with Crippen molar-refractivity contribution in [2.45, 2.75) is 4.90 Å². The second-order valence-electron chi connectivity index (χ2n) is 6.33. The van der Waals surface area contributed by atoms with E-state index in [0.29, 0.717) is 21.7 Å². The third kappa shape index (κ3) is 5.03. The molecule has 0 spiro atoms. The number of ether oxygens (including phenoxy) is 1. The Bertz CT molecular complexity index is 1120. The zero-order valence-corrected chi connectivity index (χ0v) is 18.2. The van der Waals surface area contributed by atoms with Gasteiger partial charge in [0.25, 0.3) is 5.91 Å². The van der Waals surface area contributed by atoms with Crippen LogP contribution < -0.4 is 10.1 Å². The molecule has 1 amide bonds. The van der Waals surface area contributed by atoms with Gasteiger partial charge in [0.2, 0.25) is 10.0 Å². The number of carbonyl (C=O) groups is 1. The van der Waals surface area contributed by atoms with Gasteiger partial charge in [-0.05, 0) is 70.5 Å². The van der Waals surface area contributed by atoms with Gasteiger partial charge in [-0.15, -0.1) is 0 Å². The molecule has 29 heavy (non-hydrogen) atoms. The fourth-order valence-electron chi connectivity index (χ4n) is 2.47. The van der Waals surface area contributed by atoms with Crippen molar-refractivity contribution in [1.29, 1.82) is 0 Å². The zero-order chi connectivity index (χ0) is 21.0. The van der Waals surface area contributed by atoms with Gasteiger partial charge in [0.1, 0.15) is 11.5 Å². The Labute approximate surface area is 178 Å². The number of carbonyl (C=O) groups excluding carboxylic acids is 1. The van der Waals surface area contributed by atoms with Gasteiger partial charge >= 0.3 is 0 Å². The normalized spacial score (nSPS) is 11.3. The van der Waals surface area contributed by atoms with E-state index in [1.165, 1.54) is 20.2 Å². The van der Waals surface area contributed by atoms with Crippen molar-refractivity contribution < 1.29 is 17.9 Å². The Morgan fingerprint density at radius 2 is 1.55 bits per heavy atom. The molecular formula is C21H19BrN2O4S. The Hall–Kier alpha value is -2.68. The van der Waals surface area contributed by atoms with Gasteiger partial charge in [0.15, 0.2) is 0 Å². The van der Waals surface area contributed by atoms with Crippen molar-refractivity contribution in [2.24, 2.45) is 0 Å². The summed E-state index contributed by atoms with van der Waals surface area (Å²) in [6, 6.07) is 20.7. The minimum Gasteiger partial charge on any atom is -0.457 e. The first-order valence-electron chi connectivity index (χ1n) is 8.64. The van der Waals surface area contributed by atoms with E-state index < -0.39 is 15.9 Å². The molecule has 0 atom stereocenters. The van der Waals surface area contributed by atoms with Gasteiger partial charge in [-0.1, -0.05) is 18.2 Å². The molecule has 3 aromatic rings. The predicted octanol–water partition coefficient (Wildman–Crippen LogP) is 4.74. The lowest BCUT2D eigenvalue weighted by molar-refractivity contribution is 0.102. The Kier molecular flexibility index (Phi) is 6.36. The number of halogens is 1. The number of sulfonamides is 1. The Morgan fingerprint density at radius 3 is 2.17 bits per heavy atom. The number of nitrogens with zero attached hydrogens (tertiary/aromatic N) is 1. The van der Waals surface area contributed by atoms with Crippen molar-refractivity contribution in [3.05, 3.63) is 82.8 Å². The summed E-state index contributed by atoms with van der Waals surface area (Å²) in [6.45, 7) is 0. The summed E-state index contributed by atoms with van der Waals surface area (Å²) in [5, 5.41) is 2.76. The van der Waals surface area contributed by atoms with E-state index in [2.05, 4.69) is 21.2 Å². The quantitative estimate of drug-likeness (QED) is 0.559. The molecule has 6 nitrogen and oxygen atoms in total. The number of nitrogens with one attached hydrogen (secondary N) is 1. The molecule has 0 saturated heterocycles. The predicted molar refractivity (Wildman–Crippen MR) is 116 cm³/mol. The summed E-state index contributed by atoms with van der Waals surface area (Å²) in [5.74, 6) is 0.940. The van der Waals surface area contributed by atoms with Crippen LogP contribution in [0.4, 0.5) is 5.69 Å². The number of para-hydroxylation sites is 1. The number of hydrogen-bond acceptors (Lipinski definition) is 4. The summed E-state index contributed by atoms with van der Waals surface area (Å²) < 4.78 is 32.1. The van der Waals surface area contributed by atoms with Gasteiger partial charge < -0.3 is 10.1 Å². The Morgan fingerprint density at radius 1 is 0.931 bits per heavy atom. The molecule has 3 aromatic carbocycles. The largest absolute Gasteiger partial charge is 0.457 e. The molecule has 0 fully saturated rings. The molecule has 0 heterocycles. The lowest BCUT2D eigenvalue weighted by atomic mass is 10.2. The molecule has 8 heteroatoms. The van der Waals surface area contributed by atoms with Crippen LogP contribution in [0, 0.1) is 0 Å². The first kappa shape index (κ1) is 21.0. The van der Waals surface area contributed by atoms with Gasteiger partial charge in [-0.2, -0.15) is 0 Å². The summed E-state index contributed by atoms with van der Waals surface area (Å²) >= 11 is 3.23. The maximum atomic E-state index is 12.6. The first-order valence-corrected chi connectivity index (χ1v) is 10.9. The molecule has 0 radical (unpaired) electrons.